The summed E-state index contributed by atoms with van der Waals surface area (Å²) in [6.07, 6.45) is 1.57. The Morgan fingerprint density at radius 2 is 2.07 bits per heavy atom. The Hall–Kier alpha value is -2.25. The first-order valence-electron chi connectivity index (χ1n) is 9.59. The summed E-state index contributed by atoms with van der Waals surface area (Å²) in [5.74, 6) is -0.320. The highest BCUT2D eigenvalue weighted by atomic mass is 16.2. The number of hydrogen-bond acceptors (Lipinski definition) is 5. The van der Waals surface area contributed by atoms with Crippen LogP contribution in [0, 0.1) is 5.92 Å². The molecule has 1 saturated heterocycles. The fraction of sp³-hybridized carbons (Fsp3) is 0.550. The SMILES string of the molecule is CC(C)[C@H](N)CCNCc1ccc2c(c1)CN(C1CCC(=O)NC1=O)C2=O. The van der Waals surface area contributed by atoms with E-state index in [1.807, 2.05) is 18.2 Å². The van der Waals surface area contributed by atoms with E-state index in [1.54, 1.807) is 4.90 Å². The van der Waals surface area contributed by atoms with Crippen LogP contribution in [0.1, 0.15) is 54.6 Å². The van der Waals surface area contributed by atoms with Crippen LogP contribution in [0.25, 0.3) is 0 Å². The van der Waals surface area contributed by atoms with E-state index < -0.39 is 6.04 Å². The van der Waals surface area contributed by atoms with Crippen LogP contribution in [-0.2, 0) is 22.7 Å². The zero-order chi connectivity index (χ0) is 19.6. The molecule has 4 N–H and O–H groups in total. The summed E-state index contributed by atoms with van der Waals surface area (Å²) in [6.45, 7) is 6.21. The number of fused-ring (bicyclic) bond motifs is 1. The van der Waals surface area contributed by atoms with Crippen LogP contribution in [0.15, 0.2) is 18.2 Å². The molecule has 7 nitrogen and oxygen atoms in total. The Labute approximate surface area is 159 Å². The van der Waals surface area contributed by atoms with Gasteiger partial charge in [-0.25, -0.2) is 0 Å². The number of carbonyl (C=O) groups is 3. The highest BCUT2D eigenvalue weighted by molar-refractivity contribution is 6.05. The number of rotatable bonds is 7. The van der Waals surface area contributed by atoms with Crippen molar-refractivity contribution >= 4 is 17.7 Å². The third kappa shape index (κ3) is 4.36. The molecule has 0 bridgehead atoms. The number of benzene rings is 1. The van der Waals surface area contributed by atoms with Crippen LogP contribution in [-0.4, -0.2) is 41.2 Å². The van der Waals surface area contributed by atoms with Crippen molar-refractivity contribution in [1.29, 1.82) is 0 Å². The molecule has 0 radical (unpaired) electrons. The number of amides is 3. The number of nitrogens with zero attached hydrogens (tertiary/aromatic N) is 1. The van der Waals surface area contributed by atoms with Crippen LogP contribution >= 0.6 is 0 Å². The van der Waals surface area contributed by atoms with Crippen LogP contribution < -0.4 is 16.4 Å². The lowest BCUT2D eigenvalue weighted by molar-refractivity contribution is -0.136. The van der Waals surface area contributed by atoms with Gasteiger partial charge in [0.1, 0.15) is 6.04 Å². The smallest absolute Gasteiger partial charge is 0.255 e. The van der Waals surface area contributed by atoms with Gasteiger partial charge in [0.25, 0.3) is 5.91 Å². The Bertz CT molecular complexity index is 747. The zero-order valence-electron chi connectivity index (χ0n) is 16.0. The van der Waals surface area contributed by atoms with Crippen molar-refractivity contribution < 1.29 is 14.4 Å². The third-order valence-corrected chi connectivity index (χ3v) is 5.43. The van der Waals surface area contributed by atoms with E-state index in [-0.39, 0.29) is 30.2 Å². The molecule has 27 heavy (non-hydrogen) atoms. The first-order valence-corrected chi connectivity index (χ1v) is 9.59. The lowest BCUT2D eigenvalue weighted by Gasteiger charge is -2.29. The minimum absolute atomic E-state index is 0.137. The largest absolute Gasteiger partial charge is 0.327 e. The standard InChI is InChI=1S/C20H28N4O3/c1-12(2)16(21)7-8-22-10-13-3-4-15-14(9-13)11-24(20(15)27)17-5-6-18(25)23-19(17)26/h3-4,9,12,16-17,22H,5-8,10-11,21H2,1-2H3,(H,23,25,26)/t16-,17?/m1/s1. The molecule has 1 unspecified atom stereocenters. The summed E-state index contributed by atoms with van der Waals surface area (Å²) in [5.41, 5.74) is 8.73. The van der Waals surface area contributed by atoms with Crippen LogP contribution in [0.3, 0.4) is 0 Å². The van der Waals surface area contributed by atoms with Gasteiger partial charge in [0.2, 0.25) is 11.8 Å². The van der Waals surface area contributed by atoms with Gasteiger partial charge in [0, 0.05) is 31.1 Å². The molecule has 7 heteroatoms. The van der Waals surface area contributed by atoms with E-state index in [0.717, 1.165) is 24.1 Å². The maximum absolute atomic E-state index is 12.7. The second-order valence-electron chi connectivity index (χ2n) is 7.76. The van der Waals surface area contributed by atoms with Gasteiger partial charge < -0.3 is 16.0 Å². The average Bonchev–Trinajstić information content (AvgIpc) is 2.94. The predicted molar refractivity (Wildman–Crippen MR) is 102 cm³/mol. The predicted octanol–water partition coefficient (Wildman–Crippen LogP) is 0.911. The van der Waals surface area contributed by atoms with Crippen LogP contribution in [0.2, 0.25) is 0 Å². The van der Waals surface area contributed by atoms with Crippen molar-refractivity contribution in [3.8, 4) is 0 Å². The summed E-state index contributed by atoms with van der Waals surface area (Å²) in [5, 5.41) is 5.72. The minimum atomic E-state index is -0.568. The first-order chi connectivity index (χ1) is 12.9. The number of carbonyl (C=O) groups excluding carboxylic acids is 3. The van der Waals surface area contributed by atoms with E-state index in [2.05, 4.69) is 24.5 Å². The fourth-order valence-corrected chi connectivity index (χ4v) is 3.57. The van der Waals surface area contributed by atoms with Gasteiger partial charge in [-0.05, 0) is 42.5 Å². The fourth-order valence-electron chi connectivity index (χ4n) is 3.57. The number of imide groups is 1. The average molecular weight is 372 g/mol. The van der Waals surface area contributed by atoms with Crippen molar-refractivity contribution in [2.75, 3.05) is 6.54 Å². The summed E-state index contributed by atoms with van der Waals surface area (Å²) in [6, 6.07) is 5.42. The Morgan fingerprint density at radius 3 is 2.78 bits per heavy atom. The second kappa shape index (κ2) is 8.19. The van der Waals surface area contributed by atoms with Gasteiger partial charge >= 0.3 is 0 Å². The Kier molecular flexibility index (Phi) is 5.92. The topological polar surface area (TPSA) is 105 Å². The number of nitrogens with one attached hydrogen (secondary N) is 2. The van der Waals surface area contributed by atoms with Crippen molar-refractivity contribution in [2.24, 2.45) is 11.7 Å². The number of nitrogens with two attached hydrogens (primary N) is 1. The summed E-state index contributed by atoms with van der Waals surface area (Å²) in [7, 11) is 0. The Morgan fingerprint density at radius 1 is 1.30 bits per heavy atom. The van der Waals surface area contributed by atoms with Crippen molar-refractivity contribution in [2.45, 2.75) is 58.3 Å². The summed E-state index contributed by atoms with van der Waals surface area (Å²) in [4.78, 5) is 37.7. The first kappa shape index (κ1) is 19.5. The lowest BCUT2D eigenvalue weighted by atomic mass is 10.0. The highest BCUT2D eigenvalue weighted by Gasteiger charge is 2.38. The second-order valence-corrected chi connectivity index (χ2v) is 7.76. The molecule has 0 aliphatic carbocycles. The van der Waals surface area contributed by atoms with E-state index in [1.165, 1.54) is 0 Å². The maximum Gasteiger partial charge on any atom is 0.255 e. The van der Waals surface area contributed by atoms with Gasteiger partial charge in [-0.3, -0.25) is 19.7 Å². The van der Waals surface area contributed by atoms with Gasteiger partial charge in [-0.2, -0.15) is 0 Å². The third-order valence-electron chi connectivity index (χ3n) is 5.43. The highest BCUT2D eigenvalue weighted by Crippen LogP contribution is 2.28. The molecule has 2 aliphatic heterocycles. The molecule has 2 aliphatic rings. The molecule has 0 spiro atoms. The molecule has 3 amide bonds. The van der Waals surface area contributed by atoms with Crippen LogP contribution in [0.4, 0.5) is 0 Å². The van der Waals surface area contributed by atoms with Gasteiger partial charge in [0.15, 0.2) is 0 Å². The Balaban J connectivity index is 1.59. The zero-order valence-corrected chi connectivity index (χ0v) is 16.0. The molecule has 1 aromatic rings. The molecule has 1 aromatic carbocycles. The van der Waals surface area contributed by atoms with E-state index in [0.29, 0.717) is 31.0 Å². The van der Waals surface area contributed by atoms with Crippen LogP contribution in [0.5, 0.6) is 0 Å². The number of piperidine rings is 1. The van der Waals surface area contributed by atoms with E-state index in [4.69, 9.17) is 5.73 Å². The lowest BCUT2D eigenvalue weighted by Crippen LogP contribution is -2.52. The molecule has 0 aromatic heterocycles. The maximum atomic E-state index is 12.7. The summed E-state index contributed by atoms with van der Waals surface area (Å²) < 4.78 is 0. The molecular weight excluding hydrogens is 344 g/mol. The van der Waals surface area contributed by atoms with Crippen molar-refractivity contribution in [3.63, 3.8) is 0 Å². The van der Waals surface area contributed by atoms with Gasteiger partial charge in [-0.15, -0.1) is 0 Å². The van der Waals surface area contributed by atoms with Crippen molar-refractivity contribution in [1.82, 2.24) is 15.5 Å². The molecule has 2 heterocycles. The summed E-state index contributed by atoms with van der Waals surface area (Å²) >= 11 is 0. The van der Waals surface area contributed by atoms with E-state index in [9.17, 15) is 14.4 Å². The van der Waals surface area contributed by atoms with E-state index >= 15 is 0 Å². The van der Waals surface area contributed by atoms with Gasteiger partial charge in [-0.1, -0.05) is 26.0 Å². The monoisotopic (exact) mass is 372 g/mol. The normalized spacial score (nSPS) is 20.8. The molecular formula is C20H28N4O3. The van der Waals surface area contributed by atoms with Gasteiger partial charge in [0.05, 0.1) is 0 Å². The molecule has 146 valence electrons. The van der Waals surface area contributed by atoms with Crippen molar-refractivity contribution in [3.05, 3.63) is 34.9 Å². The molecule has 3 rings (SSSR count). The molecule has 1 fully saturated rings. The number of hydrogen-bond donors (Lipinski definition) is 3. The minimum Gasteiger partial charge on any atom is -0.327 e. The quantitative estimate of drug-likeness (QED) is 0.487. The molecule has 2 atom stereocenters. The molecule has 0 saturated carbocycles.